The molecule has 0 aromatic rings. The maximum Gasteiger partial charge on any atom is 0.315 e. The standard InChI is InChI=1S/C11H22N2O2/c1-8(9-6-5-7-15-9)12-10(14)13-11(2,3)4/h8-9H,5-7H2,1-4H3,(H2,12,13,14). The zero-order valence-corrected chi connectivity index (χ0v) is 10.1. The van der Waals surface area contributed by atoms with Crippen LogP contribution in [0.5, 0.6) is 0 Å². The van der Waals surface area contributed by atoms with Gasteiger partial charge in [-0.25, -0.2) is 4.79 Å². The fourth-order valence-electron chi connectivity index (χ4n) is 1.67. The largest absolute Gasteiger partial charge is 0.376 e. The van der Waals surface area contributed by atoms with Gasteiger partial charge in [-0.15, -0.1) is 0 Å². The van der Waals surface area contributed by atoms with Gasteiger partial charge in [-0.1, -0.05) is 0 Å². The zero-order valence-electron chi connectivity index (χ0n) is 10.1. The van der Waals surface area contributed by atoms with Crippen LogP contribution in [0.1, 0.15) is 40.5 Å². The summed E-state index contributed by atoms with van der Waals surface area (Å²) in [7, 11) is 0. The van der Waals surface area contributed by atoms with Crippen LogP contribution < -0.4 is 10.6 Å². The molecule has 1 saturated heterocycles. The summed E-state index contributed by atoms with van der Waals surface area (Å²) in [6.07, 6.45) is 2.31. The van der Waals surface area contributed by atoms with Gasteiger partial charge in [0.25, 0.3) is 0 Å². The molecule has 0 saturated carbocycles. The van der Waals surface area contributed by atoms with Gasteiger partial charge in [-0.2, -0.15) is 0 Å². The van der Waals surface area contributed by atoms with Gasteiger partial charge in [0, 0.05) is 12.1 Å². The van der Waals surface area contributed by atoms with Crippen LogP contribution in [0.4, 0.5) is 4.79 Å². The third-order valence-electron chi connectivity index (χ3n) is 2.37. The molecule has 0 radical (unpaired) electrons. The summed E-state index contributed by atoms with van der Waals surface area (Å²) >= 11 is 0. The van der Waals surface area contributed by atoms with Crippen molar-refractivity contribution >= 4 is 6.03 Å². The average Bonchev–Trinajstić information content (AvgIpc) is 2.50. The van der Waals surface area contributed by atoms with Crippen molar-refractivity contribution in [3.05, 3.63) is 0 Å². The molecule has 15 heavy (non-hydrogen) atoms. The number of carbonyl (C=O) groups is 1. The molecule has 2 N–H and O–H groups in total. The molecule has 4 nitrogen and oxygen atoms in total. The zero-order chi connectivity index (χ0) is 11.5. The molecule has 88 valence electrons. The molecule has 2 atom stereocenters. The first-order valence-electron chi connectivity index (χ1n) is 5.59. The predicted octanol–water partition coefficient (Wildman–Crippen LogP) is 1.65. The maximum absolute atomic E-state index is 11.5. The maximum atomic E-state index is 11.5. The van der Waals surface area contributed by atoms with Gasteiger partial charge in [0.2, 0.25) is 0 Å². The fraction of sp³-hybridized carbons (Fsp3) is 0.909. The number of amides is 2. The molecule has 0 spiro atoms. The summed E-state index contributed by atoms with van der Waals surface area (Å²) in [5.74, 6) is 0. The molecule has 2 unspecified atom stereocenters. The van der Waals surface area contributed by atoms with Gasteiger partial charge in [0.05, 0.1) is 12.1 Å². The van der Waals surface area contributed by atoms with E-state index < -0.39 is 0 Å². The normalized spacial score (nSPS) is 23.6. The van der Waals surface area contributed by atoms with Gasteiger partial charge in [0.1, 0.15) is 0 Å². The lowest BCUT2D eigenvalue weighted by molar-refractivity contribution is 0.0856. The van der Waals surface area contributed by atoms with E-state index in [0.29, 0.717) is 0 Å². The highest BCUT2D eigenvalue weighted by Crippen LogP contribution is 2.15. The Labute approximate surface area is 91.8 Å². The lowest BCUT2D eigenvalue weighted by Gasteiger charge is -2.25. The minimum Gasteiger partial charge on any atom is -0.376 e. The molecule has 1 heterocycles. The fourth-order valence-corrected chi connectivity index (χ4v) is 1.67. The Kier molecular flexibility index (Phi) is 3.97. The number of ether oxygens (including phenoxy) is 1. The Morgan fingerprint density at radius 3 is 2.60 bits per heavy atom. The molecular formula is C11H22N2O2. The van der Waals surface area contributed by atoms with Crippen molar-refractivity contribution in [3.8, 4) is 0 Å². The Balaban J connectivity index is 2.30. The molecule has 1 aliphatic heterocycles. The first-order valence-corrected chi connectivity index (χ1v) is 5.59. The molecule has 1 aliphatic rings. The van der Waals surface area contributed by atoms with Crippen LogP contribution in [-0.4, -0.2) is 30.3 Å². The molecule has 4 heteroatoms. The Hall–Kier alpha value is -0.770. The van der Waals surface area contributed by atoms with E-state index in [1.165, 1.54) is 0 Å². The monoisotopic (exact) mass is 214 g/mol. The summed E-state index contributed by atoms with van der Waals surface area (Å²) in [5, 5.41) is 5.77. The van der Waals surface area contributed by atoms with Crippen LogP contribution in [0.25, 0.3) is 0 Å². The number of hydrogen-bond donors (Lipinski definition) is 2. The SMILES string of the molecule is CC(NC(=O)NC(C)(C)C)C1CCCO1. The molecule has 2 amide bonds. The van der Waals surface area contributed by atoms with Crippen molar-refractivity contribution in [1.82, 2.24) is 10.6 Å². The lowest BCUT2D eigenvalue weighted by atomic mass is 10.1. The Morgan fingerprint density at radius 2 is 2.13 bits per heavy atom. The molecule has 1 fully saturated rings. The minimum absolute atomic E-state index is 0.0786. The van der Waals surface area contributed by atoms with Crippen LogP contribution in [0.15, 0.2) is 0 Å². The van der Waals surface area contributed by atoms with Crippen molar-refractivity contribution in [2.45, 2.75) is 58.2 Å². The highest BCUT2D eigenvalue weighted by Gasteiger charge is 2.24. The highest BCUT2D eigenvalue weighted by molar-refractivity contribution is 5.75. The molecule has 0 aliphatic carbocycles. The van der Waals surface area contributed by atoms with Crippen LogP contribution in [0.3, 0.4) is 0 Å². The second-order valence-electron chi connectivity index (χ2n) is 5.19. The predicted molar refractivity (Wildman–Crippen MR) is 59.9 cm³/mol. The van der Waals surface area contributed by atoms with Gasteiger partial charge >= 0.3 is 6.03 Å². The average molecular weight is 214 g/mol. The van der Waals surface area contributed by atoms with Gasteiger partial charge in [0.15, 0.2) is 0 Å². The summed E-state index contributed by atoms with van der Waals surface area (Å²) in [6, 6.07) is -0.0413. The second-order valence-corrected chi connectivity index (χ2v) is 5.19. The number of urea groups is 1. The first kappa shape index (κ1) is 12.3. The molecule has 0 aromatic carbocycles. The van der Waals surface area contributed by atoms with E-state index in [9.17, 15) is 4.79 Å². The van der Waals surface area contributed by atoms with E-state index in [1.807, 2.05) is 27.7 Å². The van der Waals surface area contributed by atoms with Crippen molar-refractivity contribution in [2.75, 3.05) is 6.61 Å². The molecular weight excluding hydrogens is 192 g/mol. The van der Waals surface area contributed by atoms with Crippen molar-refractivity contribution < 1.29 is 9.53 Å². The van der Waals surface area contributed by atoms with Crippen molar-refractivity contribution in [2.24, 2.45) is 0 Å². The minimum atomic E-state index is -0.194. The smallest absolute Gasteiger partial charge is 0.315 e. The van der Waals surface area contributed by atoms with E-state index in [1.54, 1.807) is 0 Å². The Morgan fingerprint density at radius 1 is 1.47 bits per heavy atom. The van der Waals surface area contributed by atoms with Gasteiger partial charge in [-0.05, 0) is 40.5 Å². The van der Waals surface area contributed by atoms with Gasteiger partial charge in [-0.3, -0.25) is 0 Å². The third-order valence-corrected chi connectivity index (χ3v) is 2.37. The second kappa shape index (κ2) is 4.84. The molecule has 1 rings (SSSR count). The quantitative estimate of drug-likeness (QED) is 0.734. The molecule has 0 bridgehead atoms. The van der Waals surface area contributed by atoms with E-state index in [-0.39, 0.29) is 23.7 Å². The topological polar surface area (TPSA) is 50.4 Å². The number of hydrogen-bond acceptors (Lipinski definition) is 2. The van der Waals surface area contributed by atoms with E-state index in [4.69, 9.17) is 4.74 Å². The number of rotatable bonds is 2. The van der Waals surface area contributed by atoms with Crippen molar-refractivity contribution in [3.63, 3.8) is 0 Å². The summed E-state index contributed by atoms with van der Waals surface area (Å²) in [6.45, 7) is 8.69. The number of carbonyl (C=O) groups excluding carboxylic acids is 1. The van der Waals surface area contributed by atoms with E-state index in [0.717, 1.165) is 19.4 Å². The van der Waals surface area contributed by atoms with Crippen LogP contribution in [0.2, 0.25) is 0 Å². The van der Waals surface area contributed by atoms with E-state index in [2.05, 4.69) is 10.6 Å². The van der Waals surface area contributed by atoms with Gasteiger partial charge < -0.3 is 15.4 Å². The van der Waals surface area contributed by atoms with E-state index >= 15 is 0 Å². The summed E-state index contributed by atoms with van der Waals surface area (Å²) in [4.78, 5) is 11.5. The Bertz CT molecular complexity index is 217. The van der Waals surface area contributed by atoms with Crippen molar-refractivity contribution in [1.29, 1.82) is 0 Å². The summed E-state index contributed by atoms with van der Waals surface area (Å²) in [5.41, 5.74) is -0.194. The number of nitrogens with one attached hydrogen (secondary N) is 2. The van der Waals surface area contributed by atoms with Crippen LogP contribution >= 0.6 is 0 Å². The third kappa shape index (κ3) is 4.51. The van der Waals surface area contributed by atoms with Crippen LogP contribution in [0, 0.1) is 0 Å². The molecule has 0 aromatic heterocycles. The van der Waals surface area contributed by atoms with Crippen LogP contribution in [-0.2, 0) is 4.74 Å². The first-order chi connectivity index (χ1) is 6.88. The summed E-state index contributed by atoms with van der Waals surface area (Å²) < 4.78 is 5.50. The highest BCUT2D eigenvalue weighted by atomic mass is 16.5. The lowest BCUT2D eigenvalue weighted by Crippen LogP contribution is -2.51.